The van der Waals surface area contributed by atoms with Crippen LogP contribution in [0.25, 0.3) is 0 Å². The highest BCUT2D eigenvalue weighted by Gasteiger charge is 2.30. The lowest BCUT2D eigenvalue weighted by Gasteiger charge is -2.32. The molecule has 0 aromatic rings. The first-order valence-corrected chi connectivity index (χ1v) is 7.06. The second-order valence-electron chi connectivity index (χ2n) is 6.08. The van der Waals surface area contributed by atoms with Gasteiger partial charge in [-0.05, 0) is 52.6 Å². The van der Waals surface area contributed by atoms with E-state index < -0.39 is 0 Å². The predicted octanol–water partition coefficient (Wildman–Crippen LogP) is 2.25. The maximum atomic E-state index is 5.86. The lowest BCUT2D eigenvalue weighted by Crippen LogP contribution is -2.42. The topological polar surface area (TPSA) is 38.5 Å². The van der Waals surface area contributed by atoms with Crippen LogP contribution < -0.4 is 5.73 Å². The largest absolute Gasteiger partial charge is 0.375 e. The van der Waals surface area contributed by atoms with E-state index in [0.29, 0.717) is 12.0 Å². The molecule has 0 saturated heterocycles. The number of nitrogens with zero attached hydrogens (tertiary/aromatic N) is 1. The Morgan fingerprint density at radius 2 is 2.00 bits per heavy atom. The quantitative estimate of drug-likeness (QED) is 0.776. The summed E-state index contributed by atoms with van der Waals surface area (Å²) in [7, 11) is 0. The summed E-state index contributed by atoms with van der Waals surface area (Å²) < 4.78 is 5.82. The van der Waals surface area contributed by atoms with Crippen molar-refractivity contribution >= 4 is 0 Å². The van der Waals surface area contributed by atoms with E-state index in [9.17, 15) is 0 Å². The van der Waals surface area contributed by atoms with E-state index in [1.54, 1.807) is 0 Å². The second-order valence-corrected chi connectivity index (χ2v) is 6.08. The van der Waals surface area contributed by atoms with E-state index in [2.05, 4.69) is 32.6 Å². The van der Waals surface area contributed by atoms with Gasteiger partial charge in [0, 0.05) is 12.6 Å². The Balaban J connectivity index is 2.37. The summed E-state index contributed by atoms with van der Waals surface area (Å²) >= 11 is 0. The normalized spacial score (nSPS) is 25.8. The van der Waals surface area contributed by atoms with Crippen LogP contribution in [0.1, 0.15) is 47.0 Å². The third-order valence-electron chi connectivity index (χ3n) is 3.71. The first-order valence-electron chi connectivity index (χ1n) is 7.06. The van der Waals surface area contributed by atoms with Crippen LogP contribution in [0.15, 0.2) is 0 Å². The maximum absolute atomic E-state index is 5.86. The molecule has 0 aromatic carbocycles. The van der Waals surface area contributed by atoms with Gasteiger partial charge in [-0.3, -0.25) is 4.90 Å². The van der Waals surface area contributed by atoms with E-state index in [-0.39, 0.29) is 5.60 Å². The minimum atomic E-state index is -0.0254. The van der Waals surface area contributed by atoms with Crippen LogP contribution in [-0.4, -0.2) is 42.8 Å². The molecular weight excluding hydrogens is 212 g/mol. The van der Waals surface area contributed by atoms with Gasteiger partial charge in [0.25, 0.3) is 0 Å². The standard InChI is InChI=1S/C14H30N2O/c1-5-16(9-10-17-14(2,3)4)13-8-6-7-12(13)11-15/h12-13H,5-11,15H2,1-4H3. The van der Waals surface area contributed by atoms with Crippen molar-refractivity contribution in [3.8, 4) is 0 Å². The fourth-order valence-electron chi connectivity index (χ4n) is 2.80. The highest BCUT2D eigenvalue weighted by Crippen LogP contribution is 2.29. The molecule has 0 spiro atoms. The van der Waals surface area contributed by atoms with Crippen molar-refractivity contribution in [2.45, 2.75) is 58.6 Å². The van der Waals surface area contributed by atoms with E-state index in [1.807, 2.05) is 0 Å². The fourth-order valence-corrected chi connectivity index (χ4v) is 2.80. The van der Waals surface area contributed by atoms with Gasteiger partial charge in [-0.25, -0.2) is 0 Å². The minimum absolute atomic E-state index is 0.0254. The molecule has 2 unspecified atom stereocenters. The zero-order valence-corrected chi connectivity index (χ0v) is 12.0. The number of nitrogens with two attached hydrogens (primary N) is 1. The monoisotopic (exact) mass is 242 g/mol. The molecule has 1 aliphatic rings. The van der Waals surface area contributed by atoms with Crippen LogP contribution in [0.2, 0.25) is 0 Å². The van der Waals surface area contributed by atoms with Crippen molar-refractivity contribution < 1.29 is 4.74 Å². The SMILES string of the molecule is CCN(CCOC(C)(C)C)C1CCCC1CN. The zero-order valence-electron chi connectivity index (χ0n) is 12.0. The average Bonchev–Trinajstić information content (AvgIpc) is 2.70. The molecule has 0 heterocycles. The summed E-state index contributed by atoms with van der Waals surface area (Å²) in [5.41, 5.74) is 5.83. The van der Waals surface area contributed by atoms with Crippen LogP contribution in [0, 0.1) is 5.92 Å². The molecule has 0 radical (unpaired) electrons. The zero-order chi connectivity index (χ0) is 12.9. The summed E-state index contributed by atoms with van der Waals surface area (Å²) in [5, 5.41) is 0. The number of hydrogen-bond donors (Lipinski definition) is 1. The molecule has 17 heavy (non-hydrogen) atoms. The number of rotatable bonds is 6. The highest BCUT2D eigenvalue weighted by atomic mass is 16.5. The van der Waals surface area contributed by atoms with Crippen molar-refractivity contribution in [3.63, 3.8) is 0 Å². The first kappa shape index (κ1) is 14.9. The van der Waals surface area contributed by atoms with Gasteiger partial charge in [0.2, 0.25) is 0 Å². The van der Waals surface area contributed by atoms with E-state index >= 15 is 0 Å². The summed E-state index contributed by atoms with van der Waals surface area (Å²) in [6.07, 6.45) is 3.95. The number of likely N-dealkylation sites (N-methyl/N-ethyl adjacent to an activating group) is 1. The van der Waals surface area contributed by atoms with Gasteiger partial charge in [-0.15, -0.1) is 0 Å². The molecule has 3 heteroatoms. The molecule has 102 valence electrons. The van der Waals surface area contributed by atoms with Crippen LogP contribution in [-0.2, 0) is 4.74 Å². The molecule has 1 saturated carbocycles. The molecule has 1 fully saturated rings. The Morgan fingerprint density at radius 1 is 1.29 bits per heavy atom. The van der Waals surface area contributed by atoms with Crippen LogP contribution in [0.3, 0.4) is 0 Å². The van der Waals surface area contributed by atoms with Gasteiger partial charge in [-0.1, -0.05) is 13.3 Å². The molecule has 0 amide bonds. The maximum Gasteiger partial charge on any atom is 0.0600 e. The minimum Gasteiger partial charge on any atom is -0.375 e. The lowest BCUT2D eigenvalue weighted by atomic mass is 10.0. The summed E-state index contributed by atoms with van der Waals surface area (Å²) in [5.74, 6) is 0.699. The van der Waals surface area contributed by atoms with Gasteiger partial charge >= 0.3 is 0 Å². The Hall–Kier alpha value is -0.120. The Labute approximate surface area is 107 Å². The lowest BCUT2D eigenvalue weighted by molar-refractivity contribution is -0.0188. The van der Waals surface area contributed by atoms with Crippen molar-refractivity contribution in [1.82, 2.24) is 4.90 Å². The van der Waals surface area contributed by atoms with Crippen molar-refractivity contribution in [2.75, 3.05) is 26.2 Å². The van der Waals surface area contributed by atoms with Crippen LogP contribution >= 0.6 is 0 Å². The first-order chi connectivity index (χ1) is 7.98. The molecule has 0 aromatic heterocycles. The van der Waals surface area contributed by atoms with Crippen LogP contribution in [0.4, 0.5) is 0 Å². The number of ether oxygens (including phenoxy) is 1. The fraction of sp³-hybridized carbons (Fsp3) is 1.00. The van der Waals surface area contributed by atoms with Crippen molar-refractivity contribution in [2.24, 2.45) is 11.7 Å². The number of hydrogen-bond acceptors (Lipinski definition) is 3. The van der Waals surface area contributed by atoms with Gasteiger partial charge in [-0.2, -0.15) is 0 Å². The third-order valence-corrected chi connectivity index (χ3v) is 3.71. The molecule has 0 aliphatic heterocycles. The highest BCUT2D eigenvalue weighted by molar-refractivity contribution is 4.85. The molecule has 1 rings (SSSR count). The van der Waals surface area contributed by atoms with E-state index in [0.717, 1.165) is 26.2 Å². The van der Waals surface area contributed by atoms with Gasteiger partial charge in [0.15, 0.2) is 0 Å². The third kappa shape index (κ3) is 4.94. The Morgan fingerprint density at radius 3 is 2.53 bits per heavy atom. The molecule has 2 atom stereocenters. The van der Waals surface area contributed by atoms with E-state index in [1.165, 1.54) is 19.3 Å². The summed E-state index contributed by atoms with van der Waals surface area (Å²) in [6.45, 7) is 12.4. The summed E-state index contributed by atoms with van der Waals surface area (Å²) in [6, 6.07) is 0.688. The van der Waals surface area contributed by atoms with Gasteiger partial charge in [0.05, 0.1) is 12.2 Å². The smallest absolute Gasteiger partial charge is 0.0600 e. The molecule has 2 N–H and O–H groups in total. The summed E-state index contributed by atoms with van der Waals surface area (Å²) in [4.78, 5) is 2.55. The van der Waals surface area contributed by atoms with Gasteiger partial charge in [0.1, 0.15) is 0 Å². The molecule has 0 bridgehead atoms. The molecule has 1 aliphatic carbocycles. The Kier molecular flexibility index (Phi) is 5.90. The van der Waals surface area contributed by atoms with Crippen LogP contribution in [0.5, 0.6) is 0 Å². The van der Waals surface area contributed by atoms with E-state index in [4.69, 9.17) is 10.5 Å². The second kappa shape index (κ2) is 6.72. The Bertz CT molecular complexity index is 213. The van der Waals surface area contributed by atoms with Crippen molar-refractivity contribution in [3.05, 3.63) is 0 Å². The molecular formula is C14H30N2O. The predicted molar refractivity (Wildman–Crippen MR) is 73.1 cm³/mol. The molecule has 3 nitrogen and oxygen atoms in total. The average molecular weight is 242 g/mol. The van der Waals surface area contributed by atoms with Gasteiger partial charge < -0.3 is 10.5 Å². The van der Waals surface area contributed by atoms with Crippen molar-refractivity contribution in [1.29, 1.82) is 0 Å².